The van der Waals surface area contributed by atoms with Crippen LogP contribution in [0.2, 0.25) is 0 Å². The van der Waals surface area contributed by atoms with Gasteiger partial charge in [-0.15, -0.1) is 0 Å². The van der Waals surface area contributed by atoms with E-state index in [0.29, 0.717) is 0 Å². The fourth-order valence-corrected chi connectivity index (χ4v) is 13.6. The number of benzene rings is 14. The highest BCUT2D eigenvalue weighted by atomic mass is 15.1. The van der Waals surface area contributed by atoms with Crippen LogP contribution in [0.5, 0.6) is 0 Å². The van der Waals surface area contributed by atoms with Crippen molar-refractivity contribution >= 4 is 65.4 Å². The van der Waals surface area contributed by atoms with Gasteiger partial charge in [0, 0.05) is 65.9 Å². The van der Waals surface area contributed by atoms with E-state index in [-0.39, 0.29) is 0 Å². The molecule has 0 unspecified atom stereocenters. The highest BCUT2D eigenvalue weighted by Crippen LogP contribution is 2.43. The first kappa shape index (κ1) is 55.4. The van der Waals surface area contributed by atoms with Gasteiger partial charge < -0.3 is 0 Å². The first-order valence-corrected chi connectivity index (χ1v) is 31.9. The van der Waals surface area contributed by atoms with Crippen molar-refractivity contribution in [2.45, 2.75) is 0 Å². The van der Waals surface area contributed by atoms with Crippen LogP contribution < -0.4 is 0 Å². The smallest absolute Gasteiger partial charge is 0.145 e. The van der Waals surface area contributed by atoms with Crippen molar-refractivity contribution in [3.8, 4) is 101 Å². The maximum absolute atomic E-state index is 5.25. The summed E-state index contributed by atoms with van der Waals surface area (Å²) >= 11 is 0. The van der Waals surface area contributed by atoms with Gasteiger partial charge in [0.2, 0.25) is 0 Å². The third-order valence-corrected chi connectivity index (χ3v) is 18.0. The Labute approximate surface area is 544 Å². The zero-order valence-corrected chi connectivity index (χ0v) is 51.2. The summed E-state index contributed by atoms with van der Waals surface area (Å²) in [6.45, 7) is 0. The number of para-hydroxylation sites is 5. The first-order valence-electron chi connectivity index (χ1n) is 31.9. The number of hydrogen-bond acceptors (Lipinski definition) is 4. The molecular weight excluding hydrogens is 1140 g/mol. The SMILES string of the molecule is c1ccc(-c2nc3ccc(-c4ccc(-c5nc6ccccc6n5-c5ccccc5)cc4)cc3c3c(-c4ccccc4)cccc23)cc1.c1ccc(-c2nc3ccc(-c4ccc(-n5c(-c6ccccc6)nc6ccccc65)cc4)cc3c3c(-c4ccccc4)cccc23)cc1. The summed E-state index contributed by atoms with van der Waals surface area (Å²) in [5.74, 6) is 1.86. The monoisotopic (exact) mass is 1200 g/mol. The molecule has 0 aliphatic rings. The molecule has 0 aliphatic heterocycles. The van der Waals surface area contributed by atoms with Gasteiger partial charge in [-0.1, -0.05) is 279 Å². The topological polar surface area (TPSA) is 61.4 Å². The quantitative estimate of drug-likeness (QED) is 0.128. The van der Waals surface area contributed by atoms with Crippen LogP contribution in [0.3, 0.4) is 0 Å². The molecule has 0 fully saturated rings. The molecule has 0 amide bonds. The Morgan fingerprint density at radius 2 is 0.521 bits per heavy atom. The summed E-state index contributed by atoms with van der Waals surface area (Å²) in [6, 6.07) is 124. The zero-order chi connectivity index (χ0) is 62.3. The van der Waals surface area contributed by atoms with Crippen molar-refractivity contribution in [1.82, 2.24) is 29.1 Å². The van der Waals surface area contributed by atoms with Crippen LogP contribution in [0.4, 0.5) is 0 Å². The van der Waals surface area contributed by atoms with Crippen LogP contribution in [-0.4, -0.2) is 29.1 Å². The van der Waals surface area contributed by atoms with Gasteiger partial charge in [0.1, 0.15) is 11.6 Å². The normalized spacial score (nSPS) is 11.4. The molecular formula is C88H58N6. The molecule has 6 heteroatoms. The molecule has 6 nitrogen and oxygen atoms in total. The number of pyridine rings is 2. The highest BCUT2D eigenvalue weighted by molar-refractivity contribution is 6.19. The van der Waals surface area contributed by atoms with Crippen molar-refractivity contribution in [2.75, 3.05) is 0 Å². The second-order valence-electron chi connectivity index (χ2n) is 23.6. The number of aromatic nitrogens is 6. The molecule has 0 saturated heterocycles. The molecule has 4 heterocycles. The van der Waals surface area contributed by atoms with Gasteiger partial charge in [-0.05, 0) is 117 Å². The number of nitrogens with zero attached hydrogens (tertiary/aromatic N) is 6. The summed E-state index contributed by atoms with van der Waals surface area (Å²) in [7, 11) is 0. The molecule has 18 rings (SSSR count). The summed E-state index contributed by atoms with van der Waals surface area (Å²) < 4.78 is 4.50. The Kier molecular flexibility index (Phi) is 14.1. The van der Waals surface area contributed by atoms with Crippen LogP contribution in [0, 0.1) is 0 Å². The van der Waals surface area contributed by atoms with Crippen molar-refractivity contribution in [3.63, 3.8) is 0 Å². The second-order valence-corrected chi connectivity index (χ2v) is 23.6. The van der Waals surface area contributed by atoms with Gasteiger partial charge in [-0.25, -0.2) is 19.9 Å². The van der Waals surface area contributed by atoms with Gasteiger partial charge in [0.05, 0.1) is 44.5 Å². The molecule has 0 bridgehead atoms. The highest BCUT2D eigenvalue weighted by Gasteiger charge is 2.20. The van der Waals surface area contributed by atoms with Crippen molar-refractivity contribution in [2.24, 2.45) is 0 Å². The number of fused-ring (bicyclic) bond motifs is 8. The lowest BCUT2D eigenvalue weighted by molar-refractivity contribution is 1.10. The van der Waals surface area contributed by atoms with E-state index in [4.69, 9.17) is 19.9 Å². The Morgan fingerprint density at radius 3 is 0.957 bits per heavy atom. The average molecular weight is 1200 g/mol. The molecule has 0 atom stereocenters. The van der Waals surface area contributed by atoms with Gasteiger partial charge in [-0.2, -0.15) is 0 Å². The minimum atomic E-state index is 0.929. The lowest BCUT2D eigenvalue weighted by Crippen LogP contribution is -1.97. The van der Waals surface area contributed by atoms with Crippen molar-refractivity contribution in [3.05, 3.63) is 352 Å². The second kappa shape index (κ2) is 24.0. The molecule has 18 aromatic rings. The summed E-state index contributed by atoms with van der Waals surface area (Å²) in [6.07, 6.45) is 0. The maximum Gasteiger partial charge on any atom is 0.145 e. The van der Waals surface area contributed by atoms with Gasteiger partial charge >= 0.3 is 0 Å². The van der Waals surface area contributed by atoms with E-state index in [1.165, 1.54) is 33.0 Å². The maximum atomic E-state index is 5.25. The molecule has 440 valence electrons. The molecule has 0 saturated carbocycles. The number of rotatable bonds is 10. The molecule has 94 heavy (non-hydrogen) atoms. The van der Waals surface area contributed by atoms with Crippen LogP contribution in [0.1, 0.15) is 0 Å². The number of hydrogen-bond donors (Lipinski definition) is 0. The van der Waals surface area contributed by atoms with Gasteiger partial charge in [0.15, 0.2) is 0 Å². The van der Waals surface area contributed by atoms with Crippen molar-refractivity contribution in [1.29, 1.82) is 0 Å². The Morgan fingerprint density at radius 1 is 0.191 bits per heavy atom. The Hall–Kier alpha value is -12.6. The molecule has 0 N–H and O–H groups in total. The summed E-state index contributed by atoms with van der Waals surface area (Å²) in [4.78, 5) is 20.6. The summed E-state index contributed by atoms with van der Waals surface area (Å²) in [5.41, 5.74) is 24.1. The lowest BCUT2D eigenvalue weighted by Gasteiger charge is -2.15. The van der Waals surface area contributed by atoms with E-state index in [2.05, 4.69) is 337 Å². The molecule has 0 aliphatic carbocycles. The van der Waals surface area contributed by atoms with Gasteiger partial charge in [0.25, 0.3) is 0 Å². The van der Waals surface area contributed by atoms with Crippen molar-refractivity contribution < 1.29 is 0 Å². The van der Waals surface area contributed by atoms with E-state index in [1.807, 2.05) is 24.3 Å². The van der Waals surface area contributed by atoms with Crippen LogP contribution >= 0.6 is 0 Å². The summed E-state index contributed by atoms with van der Waals surface area (Å²) in [5, 5.41) is 7.03. The van der Waals surface area contributed by atoms with Crippen LogP contribution in [0.15, 0.2) is 352 Å². The predicted octanol–water partition coefficient (Wildman–Crippen LogP) is 22.8. The minimum Gasteiger partial charge on any atom is -0.292 e. The molecule has 0 spiro atoms. The zero-order valence-electron chi connectivity index (χ0n) is 51.2. The molecule has 4 aromatic heterocycles. The van der Waals surface area contributed by atoms with E-state index in [1.54, 1.807) is 0 Å². The standard InChI is InChI=1S/2C44H29N3/c1-4-13-31(14-5-1)36-19-12-20-37-42(36)38-29-34(25-28-39(38)45-43(37)32-15-6-2-7-16-32)30-23-26-35(27-24-30)47-41-22-11-10-21-40(41)46-44(47)33-17-8-3-9-18-33;1-4-13-31(14-5-1)36-19-12-20-37-42(36)38-29-34(27-28-39(38)45-43(37)32-15-6-2-7-16-32)30-23-25-33(26-24-30)44-46-40-21-10-11-22-41(40)47(44)35-17-8-3-9-18-35/h2*1-29H. The Balaban J connectivity index is 0.000000143. The van der Waals surface area contributed by atoms with Crippen LogP contribution in [-0.2, 0) is 0 Å². The third-order valence-electron chi connectivity index (χ3n) is 18.0. The first-order chi connectivity index (χ1) is 46.6. The molecule has 14 aromatic carbocycles. The van der Waals surface area contributed by atoms with Gasteiger partial charge in [-0.3, -0.25) is 9.13 Å². The third kappa shape index (κ3) is 10.1. The average Bonchev–Trinajstić information content (AvgIpc) is 1.08. The largest absolute Gasteiger partial charge is 0.292 e. The fraction of sp³-hybridized carbons (Fsp3) is 0. The van der Waals surface area contributed by atoms with E-state index >= 15 is 0 Å². The lowest BCUT2D eigenvalue weighted by atomic mass is 9.91. The predicted molar refractivity (Wildman–Crippen MR) is 391 cm³/mol. The minimum absolute atomic E-state index is 0.929. The van der Waals surface area contributed by atoms with E-state index in [0.717, 1.165) is 134 Å². The number of imidazole rings is 2. The molecule has 0 radical (unpaired) electrons. The van der Waals surface area contributed by atoms with E-state index in [9.17, 15) is 0 Å². The van der Waals surface area contributed by atoms with E-state index < -0.39 is 0 Å². The fourth-order valence-electron chi connectivity index (χ4n) is 13.6. The Bertz CT molecular complexity index is 5790. The van der Waals surface area contributed by atoms with Crippen LogP contribution in [0.25, 0.3) is 167 Å².